The van der Waals surface area contributed by atoms with Crippen LogP contribution in [0.25, 0.3) is 0 Å². The molecule has 3 N–H and O–H groups in total. The molecule has 1 rings (SSSR count). The molecule has 0 bridgehead atoms. The molecule has 1 saturated heterocycles. The zero-order valence-corrected chi connectivity index (χ0v) is 6.62. The molecule has 0 unspecified atom stereocenters. The maximum absolute atomic E-state index is 10.5. The summed E-state index contributed by atoms with van der Waals surface area (Å²) >= 11 is 0. The van der Waals surface area contributed by atoms with Crippen LogP contribution in [0.3, 0.4) is 0 Å². The summed E-state index contributed by atoms with van der Waals surface area (Å²) in [5.41, 5.74) is -2.05. The zero-order valence-electron chi connectivity index (χ0n) is 6.62. The van der Waals surface area contributed by atoms with Crippen LogP contribution in [-0.2, 0) is 9.53 Å². The van der Waals surface area contributed by atoms with E-state index in [-0.39, 0.29) is 6.29 Å². The van der Waals surface area contributed by atoms with E-state index in [1.165, 1.54) is 6.07 Å². The first-order valence-electron chi connectivity index (χ1n) is 3.63. The highest BCUT2D eigenvalue weighted by Crippen LogP contribution is 2.28. The van der Waals surface area contributed by atoms with Gasteiger partial charge in [0.15, 0.2) is 6.29 Å². The fraction of sp³-hybridized carbons (Fsp3) is 0.714. The molecular formula is C7H9NO5. The lowest BCUT2D eigenvalue weighted by Gasteiger charge is -2.16. The van der Waals surface area contributed by atoms with Gasteiger partial charge in [0, 0.05) is 0 Å². The largest absolute Gasteiger partial charge is 0.394 e. The third-order valence-corrected chi connectivity index (χ3v) is 2.02. The van der Waals surface area contributed by atoms with Crippen LogP contribution in [0, 0.1) is 11.3 Å². The van der Waals surface area contributed by atoms with E-state index >= 15 is 0 Å². The molecule has 1 heterocycles. The minimum Gasteiger partial charge on any atom is -0.394 e. The lowest BCUT2D eigenvalue weighted by atomic mass is 9.98. The number of nitrogens with zero attached hydrogens (tertiary/aromatic N) is 1. The van der Waals surface area contributed by atoms with Crippen LogP contribution in [-0.4, -0.2) is 52.1 Å². The number of aliphatic hydroxyl groups excluding tert-OH is 3. The Balaban J connectivity index is 2.94. The van der Waals surface area contributed by atoms with Crippen molar-refractivity contribution in [2.45, 2.75) is 23.9 Å². The number of aliphatic hydroxyl groups is 3. The second kappa shape index (κ2) is 3.40. The van der Waals surface area contributed by atoms with Gasteiger partial charge in [-0.2, -0.15) is 5.26 Å². The maximum Gasteiger partial charge on any atom is 0.238 e. The van der Waals surface area contributed by atoms with Gasteiger partial charge in [0.25, 0.3) is 0 Å². The quantitative estimate of drug-likeness (QED) is 0.414. The molecule has 1 aliphatic heterocycles. The molecule has 0 aliphatic carbocycles. The maximum atomic E-state index is 10.5. The van der Waals surface area contributed by atoms with Gasteiger partial charge >= 0.3 is 0 Å². The lowest BCUT2D eigenvalue weighted by Crippen LogP contribution is -2.43. The average Bonchev–Trinajstić information content (AvgIpc) is 2.42. The summed E-state index contributed by atoms with van der Waals surface area (Å²) in [5.74, 6) is 0. The first-order valence-corrected chi connectivity index (χ1v) is 3.63. The van der Waals surface area contributed by atoms with E-state index in [0.717, 1.165) is 0 Å². The molecular weight excluding hydrogens is 178 g/mol. The predicted octanol–water partition coefficient (Wildman–Crippen LogP) is -2.44. The summed E-state index contributed by atoms with van der Waals surface area (Å²) in [4.78, 5) is 10.5. The van der Waals surface area contributed by atoms with E-state index in [1.54, 1.807) is 0 Å². The van der Waals surface area contributed by atoms with E-state index in [9.17, 15) is 15.0 Å². The van der Waals surface area contributed by atoms with E-state index in [0.29, 0.717) is 0 Å². The van der Waals surface area contributed by atoms with E-state index in [1.807, 2.05) is 0 Å². The Bertz CT molecular complexity index is 250. The Morgan fingerprint density at radius 1 is 1.62 bits per heavy atom. The zero-order chi connectivity index (χ0) is 10.1. The van der Waals surface area contributed by atoms with E-state index < -0.39 is 30.5 Å². The summed E-state index contributed by atoms with van der Waals surface area (Å²) in [6.45, 7) is -0.560. The Kier molecular flexibility index (Phi) is 2.63. The molecule has 1 fully saturated rings. The topological polar surface area (TPSA) is 111 Å². The lowest BCUT2D eigenvalue weighted by molar-refractivity contribution is -0.130. The van der Waals surface area contributed by atoms with Crippen molar-refractivity contribution < 1.29 is 24.9 Å². The Hall–Kier alpha value is -1.00. The second-order valence-corrected chi connectivity index (χ2v) is 2.80. The van der Waals surface area contributed by atoms with Crippen molar-refractivity contribution in [3.63, 3.8) is 0 Å². The van der Waals surface area contributed by atoms with Crippen molar-refractivity contribution in [3.8, 4) is 6.07 Å². The van der Waals surface area contributed by atoms with Crippen molar-refractivity contribution >= 4 is 6.29 Å². The molecule has 4 atom stereocenters. The van der Waals surface area contributed by atoms with Gasteiger partial charge in [0.05, 0.1) is 6.61 Å². The summed E-state index contributed by atoms with van der Waals surface area (Å²) in [7, 11) is 0. The van der Waals surface area contributed by atoms with Crippen molar-refractivity contribution in [2.24, 2.45) is 0 Å². The van der Waals surface area contributed by atoms with Crippen LogP contribution in [0.5, 0.6) is 0 Å². The van der Waals surface area contributed by atoms with Gasteiger partial charge in [0.1, 0.15) is 24.4 Å². The number of carbonyl (C=O) groups excluding carboxylic acids is 1. The number of nitriles is 1. The van der Waals surface area contributed by atoms with Crippen molar-refractivity contribution in [2.75, 3.05) is 6.61 Å². The van der Waals surface area contributed by atoms with Gasteiger partial charge in [-0.1, -0.05) is 0 Å². The normalized spacial score (nSPS) is 44.3. The average molecular weight is 187 g/mol. The number of rotatable bonds is 2. The number of hydrogen-bond acceptors (Lipinski definition) is 6. The molecule has 0 radical (unpaired) electrons. The minimum absolute atomic E-state index is 0.122. The van der Waals surface area contributed by atoms with Crippen LogP contribution in [0.1, 0.15) is 0 Å². The van der Waals surface area contributed by atoms with Gasteiger partial charge in [-0.25, -0.2) is 0 Å². The highest BCUT2D eigenvalue weighted by atomic mass is 16.6. The number of hydrogen-bond donors (Lipinski definition) is 3. The van der Waals surface area contributed by atoms with Crippen molar-refractivity contribution in [1.82, 2.24) is 0 Å². The van der Waals surface area contributed by atoms with Crippen LogP contribution < -0.4 is 0 Å². The fourth-order valence-corrected chi connectivity index (χ4v) is 1.21. The summed E-state index contributed by atoms with van der Waals surface area (Å²) in [6, 6.07) is 1.46. The number of carbonyl (C=O) groups is 1. The van der Waals surface area contributed by atoms with Crippen molar-refractivity contribution in [3.05, 3.63) is 0 Å². The van der Waals surface area contributed by atoms with Gasteiger partial charge in [-0.3, -0.25) is 4.79 Å². The monoisotopic (exact) mass is 187 g/mol. The summed E-state index contributed by atoms with van der Waals surface area (Å²) in [5, 5.41) is 35.7. The summed E-state index contributed by atoms with van der Waals surface area (Å²) < 4.78 is 4.74. The molecule has 0 amide bonds. The van der Waals surface area contributed by atoms with Crippen LogP contribution in [0.15, 0.2) is 0 Å². The molecule has 0 aromatic carbocycles. The predicted molar refractivity (Wildman–Crippen MR) is 38.4 cm³/mol. The smallest absolute Gasteiger partial charge is 0.238 e. The number of ether oxygens (including phenoxy) is 1. The summed E-state index contributed by atoms with van der Waals surface area (Å²) in [6.07, 6.45) is -4.02. The van der Waals surface area contributed by atoms with Crippen LogP contribution >= 0.6 is 0 Å². The molecule has 6 nitrogen and oxygen atoms in total. The highest BCUT2D eigenvalue weighted by Gasteiger charge is 2.54. The van der Waals surface area contributed by atoms with Crippen LogP contribution in [0.2, 0.25) is 0 Å². The van der Waals surface area contributed by atoms with Gasteiger partial charge in [-0.15, -0.1) is 0 Å². The van der Waals surface area contributed by atoms with Gasteiger partial charge < -0.3 is 20.1 Å². The minimum atomic E-state index is -2.05. The molecule has 0 aromatic rings. The van der Waals surface area contributed by atoms with E-state index in [4.69, 9.17) is 15.1 Å². The molecule has 1 aliphatic rings. The third kappa shape index (κ3) is 1.32. The Morgan fingerprint density at radius 3 is 2.46 bits per heavy atom. The Morgan fingerprint density at radius 2 is 2.23 bits per heavy atom. The van der Waals surface area contributed by atoms with Gasteiger partial charge in [-0.05, 0) is 0 Å². The standard InChI is InChI=1S/C7H9NO5/c8-2-7(3-10)6(12)5(11)4(1-9)13-7/h3-6,9,11-12H,1H2/t4-,5-,6-,7+/m1/s1. The highest BCUT2D eigenvalue weighted by molar-refractivity contribution is 5.69. The SMILES string of the molecule is N#C[C@@]1(C=O)O[C@H](CO)[C@@H](O)[C@H]1O. The molecule has 72 valence electrons. The van der Waals surface area contributed by atoms with E-state index in [2.05, 4.69) is 0 Å². The molecule has 0 aromatic heterocycles. The first kappa shape index (κ1) is 10.1. The second-order valence-electron chi connectivity index (χ2n) is 2.80. The van der Waals surface area contributed by atoms with Crippen LogP contribution in [0.4, 0.5) is 0 Å². The Labute approximate surface area is 74.0 Å². The third-order valence-electron chi connectivity index (χ3n) is 2.02. The molecule has 0 spiro atoms. The molecule has 6 heteroatoms. The van der Waals surface area contributed by atoms with Crippen molar-refractivity contribution in [1.29, 1.82) is 5.26 Å². The first-order chi connectivity index (χ1) is 6.11. The molecule has 0 saturated carbocycles. The molecule has 13 heavy (non-hydrogen) atoms. The fourth-order valence-electron chi connectivity index (χ4n) is 1.21. The number of aldehydes is 1. The van der Waals surface area contributed by atoms with Gasteiger partial charge in [0.2, 0.25) is 5.60 Å².